The summed E-state index contributed by atoms with van der Waals surface area (Å²) in [5.74, 6) is 1.88. The van der Waals surface area contributed by atoms with Crippen molar-refractivity contribution in [3.8, 4) is 22.8 Å². The number of halogens is 1. The molecule has 0 atom stereocenters. The molecule has 0 spiro atoms. The molecule has 2 aromatic carbocycles. The Labute approximate surface area is 195 Å². The van der Waals surface area contributed by atoms with E-state index in [1.807, 2.05) is 18.2 Å². The van der Waals surface area contributed by atoms with Crippen molar-refractivity contribution in [3.63, 3.8) is 0 Å². The maximum absolute atomic E-state index is 12.9. The van der Waals surface area contributed by atoms with E-state index in [-0.39, 0.29) is 23.5 Å². The Hall–Kier alpha value is -2.99. The molecule has 3 aromatic rings. The maximum Gasteiger partial charge on any atom is 0.350 e. The van der Waals surface area contributed by atoms with Crippen LogP contribution in [-0.4, -0.2) is 23.8 Å². The number of methoxy groups -OCH3 is 2. The summed E-state index contributed by atoms with van der Waals surface area (Å²) >= 11 is 0. The quantitative estimate of drug-likeness (QED) is 0.581. The second kappa shape index (κ2) is 8.87. The minimum absolute atomic E-state index is 0. The van der Waals surface area contributed by atoms with Gasteiger partial charge < -0.3 is 14.8 Å². The fourth-order valence-electron chi connectivity index (χ4n) is 4.19. The third kappa shape index (κ3) is 4.19. The molecule has 0 saturated carbocycles. The Morgan fingerprint density at radius 1 is 1.06 bits per heavy atom. The number of para-hydroxylation sites is 1. The highest BCUT2D eigenvalue weighted by molar-refractivity contribution is 5.85. The number of hydrogen-bond acceptors (Lipinski definition) is 5. The first-order valence-electron chi connectivity index (χ1n) is 10.5. The normalized spacial score (nSPS) is 12.3. The average Bonchev–Trinajstić information content (AvgIpc) is 2.73. The van der Waals surface area contributed by atoms with Crippen LogP contribution in [-0.2, 0) is 18.4 Å². The molecule has 1 aliphatic heterocycles. The predicted octanol–water partition coefficient (Wildman–Crippen LogP) is 5.25. The SMILES string of the molecule is COc1cc2c(cc1OC)-c1cc(Nc3c(C)cccc3C(C)(C)C)nc(=O)n1CC2.Cl. The van der Waals surface area contributed by atoms with E-state index in [4.69, 9.17) is 9.47 Å². The molecule has 0 aliphatic carbocycles. The summed E-state index contributed by atoms with van der Waals surface area (Å²) in [6, 6.07) is 12.1. The second-order valence-corrected chi connectivity index (χ2v) is 8.95. The molecule has 2 heterocycles. The van der Waals surface area contributed by atoms with Gasteiger partial charge in [0.05, 0.1) is 19.9 Å². The molecule has 32 heavy (non-hydrogen) atoms. The molecule has 0 amide bonds. The predicted molar refractivity (Wildman–Crippen MR) is 131 cm³/mol. The number of aromatic nitrogens is 2. The van der Waals surface area contributed by atoms with Gasteiger partial charge in [-0.25, -0.2) is 4.79 Å². The van der Waals surface area contributed by atoms with Crippen LogP contribution >= 0.6 is 12.4 Å². The monoisotopic (exact) mass is 455 g/mol. The van der Waals surface area contributed by atoms with Gasteiger partial charge in [-0.3, -0.25) is 4.57 Å². The molecule has 7 heteroatoms. The van der Waals surface area contributed by atoms with E-state index in [1.54, 1.807) is 18.8 Å². The maximum atomic E-state index is 12.9. The molecular formula is C25H30ClN3O3. The first-order chi connectivity index (χ1) is 14.7. The Morgan fingerprint density at radius 2 is 1.75 bits per heavy atom. The number of ether oxygens (including phenoxy) is 2. The second-order valence-electron chi connectivity index (χ2n) is 8.95. The number of hydrogen-bond donors (Lipinski definition) is 1. The lowest BCUT2D eigenvalue weighted by Gasteiger charge is -2.26. The van der Waals surface area contributed by atoms with Crippen LogP contribution in [0.1, 0.15) is 37.5 Å². The fraction of sp³-hybridized carbons (Fsp3) is 0.360. The zero-order valence-corrected chi connectivity index (χ0v) is 20.2. The lowest BCUT2D eigenvalue weighted by Crippen LogP contribution is -2.29. The van der Waals surface area contributed by atoms with Gasteiger partial charge >= 0.3 is 5.69 Å². The Morgan fingerprint density at radius 3 is 2.41 bits per heavy atom. The molecule has 6 nitrogen and oxygen atoms in total. The molecule has 0 bridgehead atoms. The van der Waals surface area contributed by atoms with Crippen molar-refractivity contribution in [2.45, 2.75) is 46.1 Å². The molecule has 0 unspecified atom stereocenters. The van der Waals surface area contributed by atoms with Gasteiger partial charge in [0.1, 0.15) is 5.82 Å². The third-order valence-corrected chi connectivity index (χ3v) is 5.84. The molecule has 0 radical (unpaired) electrons. The van der Waals surface area contributed by atoms with Crippen molar-refractivity contribution in [3.05, 3.63) is 63.6 Å². The number of rotatable bonds is 4. The zero-order chi connectivity index (χ0) is 22.3. The van der Waals surface area contributed by atoms with Gasteiger partial charge in [0.2, 0.25) is 0 Å². The fourth-order valence-corrected chi connectivity index (χ4v) is 4.19. The summed E-state index contributed by atoms with van der Waals surface area (Å²) in [6.07, 6.45) is 0.739. The van der Waals surface area contributed by atoms with E-state index >= 15 is 0 Å². The summed E-state index contributed by atoms with van der Waals surface area (Å²) in [5, 5.41) is 3.44. The van der Waals surface area contributed by atoms with Gasteiger partial charge in [0.25, 0.3) is 0 Å². The van der Waals surface area contributed by atoms with Crippen LogP contribution in [0.2, 0.25) is 0 Å². The van der Waals surface area contributed by atoms with Gasteiger partial charge in [0, 0.05) is 23.9 Å². The minimum Gasteiger partial charge on any atom is -0.493 e. The van der Waals surface area contributed by atoms with Crippen molar-refractivity contribution in [2.75, 3.05) is 19.5 Å². The highest BCUT2D eigenvalue weighted by atomic mass is 35.5. The number of aryl methyl sites for hydroxylation is 2. The minimum atomic E-state index is -0.258. The van der Waals surface area contributed by atoms with Crippen LogP contribution in [0.5, 0.6) is 11.5 Å². The lowest BCUT2D eigenvalue weighted by molar-refractivity contribution is 0.354. The molecule has 1 aliphatic rings. The summed E-state index contributed by atoms with van der Waals surface area (Å²) in [4.78, 5) is 17.2. The van der Waals surface area contributed by atoms with Crippen molar-refractivity contribution < 1.29 is 9.47 Å². The van der Waals surface area contributed by atoms with E-state index in [9.17, 15) is 4.79 Å². The zero-order valence-electron chi connectivity index (χ0n) is 19.4. The number of nitrogens with one attached hydrogen (secondary N) is 1. The Kier molecular flexibility index (Phi) is 6.56. The average molecular weight is 456 g/mol. The highest BCUT2D eigenvalue weighted by Gasteiger charge is 2.23. The van der Waals surface area contributed by atoms with Crippen LogP contribution in [0, 0.1) is 6.92 Å². The van der Waals surface area contributed by atoms with Crippen LogP contribution < -0.4 is 20.5 Å². The van der Waals surface area contributed by atoms with E-state index in [0.29, 0.717) is 23.9 Å². The summed E-state index contributed by atoms with van der Waals surface area (Å²) in [7, 11) is 3.25. The molecule has 4 rings (SSSR count). The van der Waals surface area contributed by atoms with E-state index in [2.05, 4.69) is 56.2 Å². The van der Waals surface area contributed by atoms with Crippen molar-refractivity contribution in [1.29, 1.82) is 0 Å². The largest absolute Gasteiger partial charge is 0.493 e. The Balaban J connectivity index is 0.00000289. The summed E-state index contributed by atoms with van der Waals surface area (Å²) in [5.41, 5.74) is 5.90. The summed E-state index contributed by atoms with van der Waals surface area (Å²) < 4.78 is 12.7. The number of anilines is 2. The number of fused-ring (bicyclic) bond motifs is 3. The van der Waals surface area contributed by atoms with Crippen LogP contribution in [0.25, 0.3) is 11.3 Å². The van der Waals surface area contributed by atoms with Gasteiger partial charge in [-0.1, -0.05) is 39.0 Å². The van der Waals surface area contributed by atoms with E-state index in [1.165, 1.54) is 5.56 Å². The first kappa shape index (κ1) is 23.7. The van der Waals surface area contributed by atoms with Gasteiger partial charge in [-0.2, -0.15) is 4.98 Å². The van der Waals surface area contributed by atoms with Crippen molar-refractivity contribution >= 4 is 23.9 Å². The van der Waals surface area contributed by atoms with E-state index in [0.717, 1.165) is 34.5 Å². The van der Waals surface area contributed by atoms with Crippen LogP contribution in [0.15, 0.2) is 41.2 Å². The van der Waals surface area contributed by atoms with Crippen LogP contribution in [0.3, 0.4) is 0 Å². The van der Waals surface area contributed by atoms with Crippen LogP contribution in [0.4, 0.5) is 11.5 Å². The molecule has 0 saturated heterocycles. The van der Waals surface area contributed by atoms with Gasteiger partial charge in [-0.05, 0) is 47.6 Å². The number of benzene rings is 2. The highest BCUT2D eigenvalue weighted by Crippen LogP contribution is 2.39. The molecule has 0 fully saturated rings. The molecule has 1 N–H and O–H groups in total. The smallest absolute Gasteiger partial charge is 0.350 e. The van der Waals surface area contributed by atoms with E-state index < -0.39 is 0 Å². The Bertz CT molecular complexity index is 1210. The topological polar surface area (TPSA) is 65.4 Å². The standard InChI is InChI=1S/C25H29N3O3.ClH/c1-15-8-7-9-18(25(2,3)4)23(15)26-22-14-19-17-13-21(31-6)20(30-5)12-16(17)10-11-28(19)24(29)27-22;/h7-9,12-14H,10-11H2,1-6H3,(H,26,27,29);1H. The molecule has 1 aromatic heterocycles. The van der Waals surface area contributed by atoms with Crippen molar-refractivity contribution in [2.24, 2.45) is 0 Å². The van der Waals surface area contributed by atoms with Crippen molar-refractivity contribution in [1.82, 2.24) is 9.55 Å². The molecule has 170 valence electrons. The summed E-state index contributed by atoms with van der Waals surface area (Å²) in [6.45, 7) is 9.19. The number of nitrogens with zero attached hydrogens (tertiary/aromatic N) is 2. The third-order valence-electron chi connectivity index (χ3n) is 5.84. The first-order valence-corrected chi connectivity index (χ1v) is 10.5. The van der Waals surface area contributed by atoms with Gasteiger partial charge in [-0.15, -0.1) is 12.4 Å². The molecular weight excluding hydrogens is 426 g/mol. The lowest BCUT2D eigenvalue weighted by atomic mass is 9.84. The van der Waals surface area contributed by atoms with Gasteiger partial charge in [0.15, 0.2) is 11.5 Å².